The summed E-state index contributed by atoms with van der Waals surface area (Å²) in [6.45, 7) is 0. The molecular weight excluding hydrogens is 263 g/mol. The Hall–Kier alpha value is 2.25. The fourth-order valence-corrected chi connectivity index (χ4v) is 0. The van der Waals surface area contributed by atoms with Crippen LogP contribution in [0.4, 0.5) is 0 Å². The van der Waals surface area contributed by atoms with E-state index in [2.05, 4.69) is 0 Å². The third kappa shape index (κ3) is 8.87. The quantitative estimate of drug-likeness (QED) is 0.539. The molecule has 0 saturated heterocycles. The Morgan fingerprint density at radius 2 is 0.500 bits per heavy atom. The molecule has 0 N–H and O–H groups in total. The summed E-state index contributed by atoms with van der Waals surface area (Å²) in [4.78, 5) is 0. The predicted octanol–water partition coefficient (Wildman–Crippen LogP) is -0.0100. The number of hydrogen-bond donors (Lipinski definition) is 0. The van der Waals surface area contributed by atoms with Gasteiger partial charge >= 0.3 is 0 Å². The molecule has 0 aliphatic carbocycles. The van der Waals surface area contributed by atoms with E-state index in [0.717, 1.165) is 0 Å². The number of rotatable bonds is 0. The molecule has 0 amide bonds. The predicted molar refractivity (Wildman–Crippen MR) is 0 cm³/mol. The van der Waals surface area contributed by atoms with Gasteiger partial charge in [0.2, 0.25) is 0 Å². The van der Waals surface area contributed by atoms with E-state index in [1.807, 2.05) is 0 Å². The van der Waals surface area contributed by atoms with Crippen molar-refractivity contribution >= 4 is 0 Å². The molecule has 30 valence electrons. The summed E-state index contributed by atoms with van der Waals surface area (Å²) in [5.74, 6) is 0. The smallest absolute Gasteiger partial charge is 0 e. The Morgan fingerprint density at radius 1 is 0.500 bits per heavy atom. The van der Waals surface area contributed by atoms with Crippen molar-refractivity contribution in [3.63, 3.8) is 0 Å². The van der Waals surface area contributed by atoms with Gasteiger partial charge in [0.1, 0.15) is 0 Å². The molecule has 0 aromatic rings. The van der Waals surface area contributed by atoms with Crippen LogP contribution < -0.4 is 0 Å². The summed E-state index contributed by atoms with van der Waals surface area (Å²) in [5.41, 5.74) is 0. The summed E-state index contributed by atoms with van der Waals surface area (Å²) in [6.07, 6.45) is 0. The second-order valence-corrected chi connectivity index (χ2v) is 0. The molecule has 0 nitrogen and oxygen atoms in total. The second-order valence-electron chi connectivity index (χ2n) is 0. The maximum absolute atomic E-state index is 0. The van der Waals surface area contributed by atoms with Gasteiger partial charge in [-0.2, -0.15) is 0 Å². The zero-order chi connectivity index (χ0) is 0. The van der Waals surface area contributed by atoms with Crippen molar-refractivity contribution in [2.75, 3.05) is 0 Å². The zero-order valence-electron chi connectivity index (χ0n) is 1.47. The molecule has 0 aromatic heterocycles. The Balaban J connectivity index is 0. The van der Waals surface area contributed by atoms with Gasteiger partial charge in [0.05, 0.1) is 0 Å². The summed E-state index contributed by atoms with van der Waals surface area (Å²) in [6, 6.07) is 0. The molecule has 0 aliphatic heterocycles. The van der Waals surface area contributed by atoms with Gasteiger partial charge in [-0.25, -0.2) is 0 Å². The molecule has 0 fully saturated rings. The summed E-state index contributed by atoms with van der Waals surface area (Å²) < 4.78 is 0. The van der Waals surface area contributed by atoms with Crippen LogP contribution in [0, 0.1) is 0 Å². The number of hydrogen-bond acceptors (Lipinski definition) is 0. The molecule has 0 rings (SSSR count). The van der Waals surface area contributed by atoms with Crippen LogP contribution in [0.5, 0.6) is 0 Å². The van der Waals surface area contributed by atoms with E-state index in [1.165, 1.54) is 0 Å². The first kappa shape index (κ1) is 34.1. The third-order valence-electron chi connectivity index (χ3n) is 0. The van der Waals surface area contributed by atoms with E-state index >= 15 is 0 Å². The maximum Gasteiger partial charge on any atom is 0 e. The average Bonchev–Trinajstić information content (AvgIpc) is 0. The molecular formula is Fe3Mo. The SMILES string of the molecule is [Fe].[Fe].[Fe].[Mo]. The topological polar surface area (TPSA) is 0 Å². The van der Waals surface area contributed by atoms with Crippen molar-refractivity contribution in [2.24, 2.45) is 0 Å². The molecule has 0 atom stereocenters. The molecule has 0 spiro atoms. The van der Waals surface area contributed by atoms with E-state index in [-0.39, 0.29) is 72.3 Å². The van der Waals surface area contributed by atoms with Gasteiger partial charge in [-0.1, -0.05) is 0 Å². The molecule has 0 radical (unpaired) electrons. The summed E-state index contributed by atoms with van der Waals surface area (Å²) in [7, 11) is 0. The standard InChI is InChI=1S/3Fe.Mo. The Bertz CT molecular complexity index is 3.25. The normalized spacial score (nSPS) is 0. The van der Waals surface area contributed by atoms with Crippen molar-refractivity contribution in [3.05, 3.63) is 0 Å². The Labute approximate surface area is 71.5 Å². The van der Waals surface area contributed by atoms with Crippen LogP contribution >= 0.6 is 0 Å². The molecule has 0 aliphatic rings. The van der Waals surface area contributed by atoms with Gasteiger partial charge < -0.3 is 0 Å². The molecule has 0 unspecified atom stereocenters. The van der Waals surface area contributed by atoms with Crippen LogP contribution in [-0.4, -0.2) is 0 Å². The van der Waals surface area contributed by atoms with Crippen molar-refractivity contribution in [1.82, 2.24) is 0 Å². The minimum absolute atomic E-state index is 0. The minimum atomic E-state index is 0. The van der Waals surface area contributed by atoms with Gasteiger partial charge in [-0.3, -0.25) is 0 Å². The zero-order valence-corrected chi connectivity index (χ0v) is 6.79. The molecule has 4 heteroatoms. The first-order valence-corrected chi connectivity index (χ1v) is 0. The van der Waals surface area contributed by atoms with Crippen LogP contribution in [0.1, 0.15) is 0 Å². The van der Waals surface area contributed by atoms with Gasteiger partial charge in [-0.15, -0.1) is 0 Å². The van der Waals surface area contributed by atoms with E-state index in [9.17, 15) is 0 Å². The third-order valence-corrected chi connectivity index (χ3v) is 0. The van der Waals surface area contributed by atoms with Crippen molar-refractivity contribution in [2.45, 2.75) is 0 Å². The Kier molecular flexibility index (Phi) is 160. The Morgan fingerprint density at radius 3 is 0.500 bits per heavy atom. The average molecular weight is 263 g/mol. The van der Waals surface area contributed by atoms with Gasteiger partial charge in [0.25, 0.3) is 0 Å². The molecule has 0 saturated carbocycles. The fraction of sp³-hybridized carbons (Fsp3) is 0. The van der Waals surface area contributed by atoms with Crippen molar-refractivity contribution < 1.29 is 72.3 Å². The minimum Gasteiger partial charge on any atom is 0 e. The fourth-order valence-electron chi connectivity index (χ4n) is 0. The molecule has 4 heavy (non-hydrogen) atoms. The first-order chi connectivity index (χ1) is 0. The van der Waals surface area contributed by atoms with Crippen LogP contribution in [-0.2, 0) is 72.3 Å². The van der Waals surface area contributed by atoms with Crippen molar-refractivity contribution in [1.29, 1.82) is 0 Å². The summed E-state index contributed by atoms with van der Waals surface area (Å²) in [5, 5.41) is 0. The van der Waals surface area contributed by atoms with E-state index < -0.39 is 0 Å². The van der Waals surface area contributed by atoms with E-state index in [4.69, 9.17) is 0 Å². The monoisotopic (exact) mass is 266 g/mol. The van der Waals surface area contributed by atoms with Gasteiger partial charge in [0, 0.05) is 72.3 Å². The van der Waals surface area contributed by atoms with Crippen LogP contribution in [0.3, 0.4) is 0 Å². The van der Waals surface area contributed by atoms with E-state index in [0.29, 0.717) is 0 Å². The first-order valence-electron chi connectivity index (χ1n) is 0. The largest absolute Gasteiger partial charge is 0 e. The molecule has 0 heterocycles. The van der Waals surface area contributed by atoms with Gasteiger partial charge in [0.15, 0.2) is 0 Å². The molecule has 0 bridgehead atoms. The van der Waals surface area contributed by atoms with Gasteiger partial charge in [-0.05, 0) is 0 Å². The van der Waals surface area contributed by atoms with E-state index in [1.54, 1.807) is 0 Å². The van der Waals surface area contributed by atoms with Crippen LogP contribution in [0.25, 0.3) is 0 Å². The maximum atomic E-state index is 0. The second kappa shape index (κ2) is 18.7. The van der Waals surface area contributed by atoms with Crippen LogP contribution in [0.15, 0.2) is 0 Å². The van der Waals surface area contributed by atoms with Crippen molar-refractivity contribution in [3.8, 4) is 0 Å². The summed E-state index contributed by atoms with van der Waals surface area (Å²) >= 11 is 0. The molecule has 0 aromatic carbocycles. The van der Waals surface area contributed by atoms with Crippen LogP contribution in [0.2, 0.25) is 0 Å².